The summed E-state index contributed by atoms with van der Waals surface area (Å²) >= 11 is 0. The van der Waals surface area contributed by atoms with Crippen LogP contribution in [0.5, 0.6) is 5.75 Å². The molecule has 0 amide bonds. The Morgan fingerprint density at radius 3 is 2.09 bits per heavy atom. The molecular weight excluding hydrogens is 286 g/mol. The molecule has 0 saturated heterocycles. The van der Waals surface area contributed by atoms with E-state index in [4.69, 9.17) is 9.15 Å². The molecule has 0 fully saturated rings. The minimum Gasteiger partial charge on any atom is -0.497 e. The molecule has 0 radical (unpaired) electrons. The molecule has 1 aromatic rings. The maximum Gasteiger partial charge on any atom is 0.203 e. The van der Waals surface area contributed by atoms with Crippen molar-refractivity contribution in [3.8, 4) is 28.4 Å². The first-order valence-electron chi connectivity index (χ1n) is 8.01. The van der Waals surface area contributed by atoms with Gasteiger partial charge in [-0.15, -0.1) is 0 Å². The maximum absolute atomic E-state index is 6.13. The summed E-state index contributed by atoms with van der Waals surface area (Å²) in [7, 11) is 1.67. The standard InChI is InChI=1S/C20H22NO2/c1-4-21(5-2)17-10-6-16-9-13-19(23-20(16)14-17)15-7-11-18(22-3)12-8-15/h6-14H,4-5H2,1-3H3/q+1. The van der Waals surface area contributed by atoms with Crippen LogP contribution in [-0.4, -0.2) is 20.2 Å². The van der Waals surface area contributed by atoms with Gasteiger partial charge in [-0.2, -0.15) is 0 Å². The summed E-state index contributed by atoms with van der Waals surface area (Å²) < 4.78 is 13.7. The molecule has 1 aliphatic heterocycles. The number of benzene rings is 2. The van der Waals surface area contributed by atoms with Crippen molar-refractivity contribution in [2.75, 3.05) is 20.2 Å². The van der Waals surface area contributed by atoms with Crippen LogP contribution in [0.2, 0.25) is 0 Å². The Kier molecular flexibility index (Phi) is 4.47. The van der Waals surface area contributed by atoms with Crippen LogP contribution >= 0.6 is 0 Å². The zero-order valence-electron chi connectivity index (χ0n) is 13.9. The summed E-state index contributed by atoms with van der Waals surface area (Å²) in [6.45, 7) is 6.30. The summed E-state index contributed by atoms with van der Waals surface area (Å²) in [6, 6.07) is 18.4. The highest BCUT2D eigenvalue weighted by Crippen LogP contribution is 2.28. The van der Waals surface area contributed by atoms with E-state index < -0.39 is 0 Å². The highest BCUT2D eigenvalue weighted by molar-refractivity contribution is 5.65. The topological polar surface area (TPSA) is 25.4 Å². The van der Waals surface area contributed by atoms with E-state index in [1.54, 1.807) is 7.11 Å². The number of methoxy groups -OCH3 is 1. The summed E-state index contributed by atoms with van der Waals surface area (Å²) in [6.07, 6.45) is 0. The minimum atomic E-state index is 0.846. The van der Waals surface area contributed by atoms with E-state index in [-0.39, 0.29) is 0 Å². The normalized spacial score (nSPS) is 10.7. The SMILES string of the molecule is CC[N+](CC)=c1ccc2ccc(-c3ccc(OC)cc3)oc-2c1. The Bertz CT molecular complexity index is 825. The van der Waals surface area contributed by atoms with Crippen molar-refractivity contribution in [2.24, 2.45) is 0 Å². The number of fused-ring (bicyclic) bond motifs is 1. The summed E-state index contributed by atoms with van der Waals surface area (Å²) in [5, 5.41) is 1.19. The molecule has 3 rings (SSSR count). The summed E-state index contributed by atoms with van der Waals surface area (Å²) in [5.41, 5.74) is 2.15. The van der Waals surface area contributed by atoms with Crippen molar-refractivity contribution in [3.63, 3.8) is 0 Å². The van der Waals surface area contributed by atoms with Gasteiger partial charge in [-0.3, -0.25) is 0 Å². The number of rotatable bonds is 4. The predicted molar refractivity (Wildman–Crippen MR) is 93.7 cm³/mol. The average molecular weight is 308 g/mol. The molecule has 0 aromatic heterocycles. The van der Waals surface area contributed by atoms with Crippen LogP contribution in [0.3, 0.4) is 0 Å². The van der Waals surface area contributed by atoms with Gasteiger partial charge in [-0.25, -0.2) is 4.58 Å². The van der Waals surface area contributed by atoms with E-state index in [1.165, 1.54) is 5.36 Å². The molecule has 0 spiro atoms. The van der Waals surface area contributed by atoms with Gasteiger partial charge in [0.25, 0.3) is 0 Å². The smallest absolute Gasteiger partial charge is 0.203 e. The van der Waals surface area contributed by atoms with Gasteiger partial charge in [0, 0.05) is 17.2 Å². The van der Waals surface area contributed by atoms with Gasteiger partial charge >= 0.3 is 0 Å². The Labute approximate surface area is 136 Å². The fourth-order valence-corrected chi connectivity index (χ4v) is 2.76. The molecule has 0 bridgehead atoms. The number of hydrogen-bond donors (Lipinski definition) is 0. The van der Waals surface area contributed by atoms with Crippen LogP contribution in [-0.2, 0) is 0 Å². The van der Waals surface area contributed by atoms with Crippen molar-refractivity contribution >= 4 is 0 Å². The van der Waals surface area contributed by atoms with Crippen LogP contribution in [0.1, 0.15) is 13.8 Å². The predicted octanol–water partition coefficient (Wildman–Crippen LogP) is 3.87. The number of ether oxygens (including phenoxy) is 1. The molecular formula is C20H22NO2+. The Hall–Kier alpha value is -2.55. The molecule has 3 nitrogen and oxygen atoms in total. The van der Waals surface area contributed by atoms with Crippen LogP contribution < -0.4 is 14.7 Å². The molecule has 118 valence electrons. The van der Waals surface area contributed by atoms with Gasteiger partial charge in [0.2, 0.25) is 5.36 Å². The molecule has 1 aliphatic carbocycles. The first-order chi connectivity index (χ1) is 11.2. The largest absolute Gasteiger partial charge is 0.497 e. The molecule has 0 N–H and O–H groups in total. The average Bonchev–Trinajstić information content (AvgIpc) is 2.62. The quantitative estimate of drug-likeness (QED) is 0.684. The van der Waals surface area contributed by atoms with Crippen molar-refractivity contribution in [1.82, 2.24) is 4.58 Å². The first-order valence-corrected chi connectivity index (χ1v) is 8.01. The molecule has 23 heavy (non-hydrogen) atoms. The summed E-state index contributed by atoms with van der Waals surface area (Å²) in [5.74, 6) is 2.61. The summed E-state index contributed by atoms with van der Waals surface area (Å²) in [4.78, 5) is 0. The highest BCUT2D eigenvalue weighted by atomic mass is 16.5. The number of nitrogens with zero attached hydrogens (tertiary/aromatic N) is 1. The maximum atomic E-state index is 6.13. The highest BCUT2D eigenvalue weighted by Gasteiger charge is 2.10. The minimum absolute atomic E-state index is 0.846. The molecule has 3 heteroatoms. The lowest BCUT2D eigenvalue weighted by atomic mass is 10.1. The van der Waals surface area contributed by atoms with Gasteiger partial charge in [-0.1, -0.05) is 0 Å². The lowest BCUT2D eigenvalue weighted by Crippen LogP contribution is -2.29. The van der Waals surface area contributed by atoms with Crippen molar-refractivity contribution < 1.29 is 9.15 Å². The lowest BCUT2D eigenvalue weighted by Gasteiger charge is -2.08. The van der Waals surface area contributed by atoms with Crippen molar-refractivity contribution in [3.05, 3.63) is 60.0 Å². The van der Waals surface area contributed by atoms with Crippen LogP contribution in [0.4, 0.5) is 0 Å². The van der Waals surface area contributed by atoms with Gasteiger partial charge in [0.15, 0.2) is 0 Å². The van der Waals surface area contributed by atoms with Crippen LogP contribution in [0, 0.1) is 0 Å². The van der Waals surface area contributed by atoms with Crippen molar-refractivity contribution in [1.29, 1.82) is 0 Å². The Morgan fingerprint density at radius 2 is 1.43 bits per heavy atom. The van der Waals surface area contributed by atoms with Gasteiger partial charge in [0.1, 0.15) is 30.4 Å². The van der Waals surface area contributed by atoms with Gasteiger partial charge in [0.05, 0.1) is 13.2 Å². The first kappa shape index (κ1) is 15.3. The molecule has 0 saturated carbocycles. The van der Waals surface area contributed by atoms with Crippen molar-refractivity contribution in [2.45, 2.75) is 13.8 Å². The third-order valence-electron chi connectivity index (χ3n) is 4.13. The molecule has 0 atom stereocenters. The second kappa shape index (κ2) is 6.69. The molecule has 0 unspecified atom stereocenters. The third-order valence-corrected chi connectivity index (χ3v) is 4.13. The monoisotopic (exact) mass is 308 g/mol. The van der Waals surface area contributed by atoms with Crippen LogP contribution in [0.25, 0.3) is 22.6 Å². The lowest BCUT2D eigenvalue weighted by molar-refractivity contribution is 0.415. The third kappa shape index (κ3) is 3.14. The fourth-order valence-electron chi connectivity index (χ4n) is 2.76. The van der Waals surface area contributed by atoms with Crippen LogP contribution in [0.15, 0.2) is 59.0 Å². The van der Waals surface area contributed by atoms with E-state index in [1.807, 2.05) is 30.3 Å². The van der Waals surface area contributed by atoms with E-state index in [0.717, 1.165) is 41.5 Å². The fraction of sp³-hybridized carbons (Fsp3) is 0.250. The Morgan fingerprint density at radius 1 is 0.826 bits per heavy atom. The molecule has 2 aliphatic rings. The number of hydrogen-bond acceptors (Lipinski definition) is 2. The van der Waals surface area contributed by atoms with E-state index in [2.05, 4.69) is 42.7 Å². The second-order valence-electron chi connectivity index (χ2n) is 5.42. The molecule has 1 aromatic carbocycles. The second-order valence-corrected chi connectivity index (χ2v) is 5.42. The molecule has 1 heterocycles. The zero-order valence-corrected chi connectivity index (χ0v) is 13.9. The Balaban J connectivity index is 2.10. The van der Waals surface area contributed by atoms with Gasteiger partial charge < -0.3 is 9.15 Å². The van der Waals surface area contributed by atoms with Gasteiger partial charge in [-0.05, 0) is 56.3 Å². The van der Waals surface area contributed by atoms with E-state index in [0.29, 0.717) is 0 Å². The van der Waals surface area contributed by atoms with E-state index >= 15 is 0 Å². The van der Waals surface area contributed by atoms with E-state index in [9.17, 15) is 0 Å². The zero-order chi connectivity index (χ0) is 16.2.